The Kier molecular flexibility index (Phi) is 25.0. The second-order valence-corrected chi connectivity index (χ2v) is 18.4. The van der Waals surface area contributed by atoms with Crippen LogP contribution in [0.2, 0.25) is 0 Å². The van der Waals surface area contributed by atoms with Crippen LogP contribution in [0.3, 0.4) is 0 Å². The quantitative estimate of drug-likeness (QED) is 0.0144. The molecule has 1 aliphatic rings. The number of hydrogen-bond donors (Lipinski definition) is 5. The zero-order valence-corrected chi connectivity index (χ0v) is 31.6. The van der Waals surface area contributed by atoms with Crippen molar-refractivity contribution < 1.29 is 40.7 Å². The van der Waals surface area contributed by atoms with Crippen molar-refractivity contribution in [3.05, 3.63) is 0 Å². The Hall–Kier alpha value is -1.05. The van der Waals surface area contributed by atoms with Gasteiger partial charge in [-0.25, -0.2) is 0 Å². The number of carboxylic acid groups (broad SMARTS) is 3. The largest absolute Gasteiger partial charge is 0.481 e. The third-order valence-corrected chi connectivity index (χ3v) is 14.3. The van der Waals surface area contributed by atoms with Gasteiger partial charge in [0.05, 0.1) is 20.5 Å². The number of ketones is 1. The van der Waals surface area contributed by atoms with E-state index in [2.05, 4.69) is 24.9 Å². The van der Waals surface area contributed by atoms with Crippen molar-refractivity contribution in [1.29, 1.82) is 0 Å². The lowest BCUT2D eigenvalue weighted by molar-refractivity contribution is -0.144. The number of Topliss-reactive ketones (excluding diaryl/α,β-unsaturated/α-hetero) is 1. The highest BCUT2D eigenvalue weighted by molar-refractivity contribution is 8.93. The number of amides is 1. The minimum absolute atomic E-state index is 0. The minimum Gasteiger partial charge on any atom is -0.481 e. The Balaban J connectivity index is 0.0000221. The Morgan fingerprint density at radius 3 is 1.68 bits per heavy atom. The normalized spacial score (nSPS) is 15.4. The van der Waals surface area contributed by atoms with Gasteiger partial charge in [0.25, 0.3) is 0 Å². The number of carbonyl (C=O) groups excluding carboxylic acids is 2. The number of unbranched alkanes of at least 4 members (excludes halogenated alkanes) is 14. The number of rotatable bonds is 33. The number of hydrogen-bond acceptors (Lipinski definition) is 9. The van der Waals surface area contributed by atoms with E-state index in [1.54, 1.807) is 33.3 Å². The van der Waals surface area contributed by atoms with Gasteiger partial charge in [-0.15, -0.1) is 11.8 Å². The molecule has 1 aliphatic heterocycles. The second kappa shape index (κ2) is 26.8. The molecule has 274 valence electrons. The summed E-state index contributed by atoms with van der Waals surface area (Å²) in [5, 5.41) is 30.6. The van der Waals surface area contributed by atoms with Crippen molar-refractivity contribution in [3.8, 4) is 0 Å². The van der Waals surface area contributed by atoms with E-state index in [9.17, 15) is 34.2 Å². The predicted octanol–water partition coefficient (Wildman–Crippen LogP) is 9.09. The monoisotopic (exact) mass is 739 g/mol. The molecule has 4 N–H and O–H groups in total. The average Bonchev–Trinajstić information content (AvgIpc) is 3.76. The fourth-order valence-corrected chi connectivity index (χ4v) is 9.07. The summed E-state index contributed by atoms with van der Waals surface area (Å²) < 4.78 is -0.114. The molecule has 0 aromatic rings. The molecule has 9 nitrogen and oxygen atoms in total. The van der Waals surface area contributed by atoms with Crippen LogP contribution < -0.4 is 5.32 Å². The first kappa shape index (κ1) is 44.0. The lowest BCUT2D eigenvalue weighted by atomic mass is 9.94. The Morgan fingerprint density at radius 1 is 0.702 bits per heavy atom. The smallest absolute Gasteiger partial charge is 0.308 e. The van der Waals surface area contributed by atoms with Crippen molar-refractivity contribution in [2.24, 2.45) is 11.8 Å². The Bertz CT molecular complexity index is 941. The molecule has 1 heterocycles. The maximum atomic E-state index is 12.4. The van der Waals surface area contributed by atoms with Gasteiger partial charge in [0.2, 0.25) is 5.91 Å². The van der Waals surface area contributed by atoms with E-state index < -0.39 is 29.7 Å². The number of carbonyl (C=O) groups is 5. The molecule has 3 atom stereocenters. The number of thioether (sulfide) groups is 1. The number of thiol groups is 1. The number of nitrogens with one attached hydrogen (secondary N) is 1. The molecule has 1 rings (SSSR count). The van der Waals surface area contributed by atoms with Crippen LogP contribution in [-0.4, -0.2) is 65.9 Å². The summed E-state index contributed by atoms with van der Waals surface area (Å²) >= 11 is 6.09. The molecular weight excluding hydrogens is 679 g/mol. The topological polar surface area (TPSA) is 158 Å². The van der Waals surface area contributed by atoms with Gasteiger partial charge >= 0.3 is 17.9 Å². The van der Waals surface area contributed by atoms with Crippen LogP contribution in [0.15, 0.2) is 0 Å². The van der Waals surface area contributed by atoms with E-state index in [0.717, 1.165) is 50.7 Å². The standard InChI is InChI=1S/C34H59NO8S4.H2/c1-34(46-47-34)25-45-33(44)28(32(42)43)19-16-17-23-35-29(37)22-21-26(31(40)41)24-27(36)18-14-12-10-8-6-4-2-3-5-7-9-11-13-15-20-30(38)39;/h26,28,33,44H,2-25H2,1H3,(H,35,37)(H,38,39)(H,40,41)(H,42,43);1H/t26-,28+,33?;/m1./s1. The van der Waals surface area contributed by atoms with Crippen molar-refractivity contribution in [2.75, 3.05) is 12.3 Å². The summed E-state index contributed by atoms with van der Waals surface area (Å²) in [4.78, 5) is 58.6. The molecule has 0 aliphatic carbocycles. The van der Waals surface area contributed by atoms with Crippen LogP contribution in [0.25, 0.3) is 0 Å². The van der Waals surface area contributed by atoms with Gasteiger partial charge in [0.15, 0.2) is 0 Å². The van der Waals surface area contributed by atoms with Gasteiger partial charge in [0, 0.05) is 39.4 Å². The van der Waals surface area contributed by atoms with E-state index in [-0.39, 0.29) is 47.5 Å². The summed E-state index contributed by atoms with van der Waals surface area (Å²) in [6.45, 7) is 2.54. The second-order valence-electron chi connectivity index (χ2n) is 13.0. The lowest BCUT2D eigenvalue weighted by Crippen LogP contribution is -2.27. The third-order valence-electron chi connectivity index (χ3n) is 8.45. The lowest BCUT2D eigenvalue weighted by Gasteiger charge is -2.20. The van der Waals surface area contributed by atoms with Gasteiger partial charge < -0.3 is 20.6 Å². The molecular formula is C34H61NO8S4. The first-order chi connectivity index (χ1) is 22.4. The summed E-state index contributed by atoms with van der Waals surface area (Å²) in [5.74, 6) is -3.48. The Labute approximate surface area is 301 Å². The van der Waals surface area contributed by atoms with E-state index >= 15 is 0 Å². The van der Waals surface area contributed by atoms with E-state index in [4.69, 9.17) is 5.11 Å². The van der Waals surface area contributed by atoms with Crippen LogP contribution in [0, 0.1) is 11.8 Å². The van der Waals surface area contributed by atoms with Crippen molar-refractivity contribution in [1.82, 2.24) is 5.32 Å². The van der Waals surface area contributed by atoms with Crippen LogP contribution in [0.4, 0.5) is 0 Å². The molecule has 0 spiro atoms. The highest BCUT2D eigenvalue weighted by atomic mass is 33.2. The molecule has 13 heteroatoms. The van der Waals surface area contributed by atoms with Crippen molar-refractivity contribution >= 4 is 75.6 Å². The van der Waals surface area contributed by atoms with E-state index in [0.29, 0.717) is 32.2 Å². The predicted molar refractivity (Wildman–Crippen MR) is 200 cm³/mol. The maximum absolute atomic E-state index is 12.4. The highest BCUT2D eigenvalue weighted by Crippen LogP contribution is 2.65. The minimum atomic E-state index is -1.05. The van der Waals surface area contributed by atoms with E-state index in [1.807, 2.05) is 0 Å². The summed E-state index contributed by atoms with van der Waals surface area (Å²) in [6.07, 6.45) is 18.0. The SMILES string of the molecule is CC1(CSC(S)[C@@H](CCCCNC(=O)CC[C@H](CC(=O)CCCCCCCCCCCCCCCCC(=O)O)C(=O)O)C(=O)O)SS1.[HH]. The number of carboxylic acids is 3. The molecule has 0 aromatic carbocycles. The van der Waals surface area contributed by atoms with Crippen LogP contribution in [0.5, 0.6) is 0 Å². The zero-order chi connectivity index (χ0) is 34.9. The first-order valence-electron chi connectivity index (χ1n) is 17.6. The van der Waals surface area contributed by atoms with Gasteiger partial charge in [-0.3, -0.25) is 24.0 Å². The molecule has 1 saturated heterocycles. The maximum Gasteiger partial charge on any atom is 0.308 e. The summed E-state index contributed by atoms with van der Waals surface area (Å²) in [7, 11) is 3.59. The summed E-state index contributed by atoms with van der Waals surface area (Å²) in [6, 6.07) is 0. The van der Waals surface area contributed by atoms with Gasteiger partial charge in [0.1, 0.15) is 5.78 Å². The van der Waals surface area contributed by atoms with Gasteiger partial charge in [-0.1, -0.05) is 105 Å². The molecule has 47 heavy (non-hydrogen) atoms. The molecule has 0 bridgehead atoms. The van der Waals surface area contributed by atoms with Gasteiger partial charge in [-0.2, -0.15) is 12.6 Å². The summed E-state index contributed by atoms with van der Waals surface area (Å²) in [5.41, 5.74) is 0. The fraction of sp³-hybridized carbons (Fsp3) is 0.853. The molecule has 0 saturated carbocycles. The molecule has 1 fully saturated rings. The molecule has 0 radical (unpaired) electrons. The molecule has 0 aromatic heterocycles. The fourth-order valence-electron chi connectivity index (χ4n) is 5.38. The van der Waals surface area contributed by atoms with E-state index in [1.165, 1.54) is 44.9 Å². The molecule has 1 unspecified atom stereocenters. The van der Waals surface area contributed by atoms with Crippen molar-refractivity contribution in [3.63, 3.8) is 0 Å². The van der Waals surface area contributed by atoms with Crippen LogP contribution in [0.1, 0.15) is 150 Å². The number of aliphatic carboxylic acids is 3. The highest BCUT2D eigenvalue weighted by Gasteiger charge is 2.41. The van der Waals surface area contributed by atoms with Crippen LogP contribution >= 0.6 is 46.0 Å². The third kappa shape index (κ3) is 24.7. The zero-order valence-electron chi connectivity index (χ0n) is 28.3. The average molecular weight is 740 g/mol. The molecule has 1 amide bonds. The van der Waals surface area contributed by atoms with Gasteiger partial charge in [-0.05, 0) is 39.0 Å². The van der Waals surface area contributed by atoms with Crippen LogP contribution in [-0.2, 0) is 24.0 Å². The Morgan fingerprint density at radius 2 is 1.21 bits per heavy atom. The van der Waals surface area contributed by atoms with Crippen molar-refractivity contribution in [2.45, 2.75) is 157 Å². The first-order valence-corrected chi connectivity index (χ1v) is 21.3.